The van der Waals surface area contributed by atoms with E-state index in [0.29, 0.717) is 31.0 Å². The molecule has 182 valence electrons. The van der Waals surface area contributed by atoms with Crippen LogP contribution >= 0.6 is 0 Å². The minimum atomic E-state index is -0.951. The van der Waals surface area contributed by atoms with Crippen molar-refractivity contribution < 1.29 is 9.47 Å². The van der Waals surface area contributed by atoms with Crippen LogP contribution in [0, 0.1) is 0 Å². The van der Waals surface area contributed by atoms with E-state index < -0.39 is 5.79 Å². The second-order valence-corrected chi connectivity index (χ2v) is 8.17. The van der Waals surface area contributed by atoms with Crippen molar-refractivity contribution in [1.82, 2.24) is 35.4 Å². The maximum absolute atomic E-state index is 5.75. The van der Waals surface area contributed by atoms with E-state index in [4.69, 9.17) is 19.6 Å². The van der Waals surface area contributed by atoms with Gasteiger partial charge in [-0.25, -0.2) is 9.67 Å². The molecule has 2 aromatic heterocycles. The van der Waals surface area contributed by atoms with Crippen LogP contribution in [0.3, 0.4) is 0 Å². The average Bonchev–Trinajstić information content (AvgIpc) is 3.57. The standard InChI is InChI=1S/C26H31N7O2/c1-5-7-17-33-23(27-25(30-33)26(34-3,35-4)16-6-2)18-19-12-14-20(15-13-19)21-10-8-9-11-22(21)24-28-31-32-29-24/h5,7-15H,6,16-18H2,1-4H3,(H,28,29,31,32)/b7-5+. The SMILES string of the molecule is C/C=C/Cn1nc(C(CCC)(OC)OC)nc1Cc1ccc(-c2ccccc2-c2nn[nH]n2)cc1. The molecule has 0 saturated carbocycles. The van der Waals surface area contributed by atoms with Crippen molar-refractivity contribution in [2.45, 2.75) is 45.4 Å². The Labute approximate surface area is 205 Å². The lowest BCUT2D eigenvalue weighted by Crippen LogP contribution is -2.32. The van der Waals surface area contributed by atoms with E-state index in [2.05, 4.69) is 64.0 Å². The quantitative estimate of drug-likeness (QED) is 0.252. The van der Waals surface area contributed by atoms with E-state index >= 15 is 0 Å². The first-order valence-electron chi connectivity index (χ1n) is 11.7. The molecular formula is C26H31N7O2. The monoisotopic (exact) mass is 473 g/mol. The van der Waals surface area contributed by atoms with Gasteiger partial charge in [-0.1, -0.05) is 74.0 Å². The Balaban J connectivity index is 1.63. The number of benzene rings is 2. The highest BCUT2D eigenvalue weighted by molar-refractivity contribution is 5.80. The lowest BCUT2D eigenvalue weighted by molar-refractivity contribution is -0.225. The highest BCUT2D eigenvalue weighted by Crippen LogP contribution is 2.31. The van der Waals surface area contributed by atoms with Crippen LogP contribution in [0.4, 0.5) is 0 Å². The second-order valence-electron chi connectivity index (χ2n) is 8.17. The van der Waals surface area contributed by atoms with E-state index in [1.807, 2.05) is 35.9 Å². The van der Waals surface area contributed by atoms with Gasteiger partial charge in [-0.3, -0.25) is 0 Å². The number of ether oxygens (including phenoxy) is 2. The third-order valence-electron chi connectivity index (χ3n) is 5.98. The molecule has 2 heterocycles. The Bertz CT molecular complexity index is 1240. The third kappa shape index (κ3) is 5.21. The molecule has 4 aromatic rings. The Hall–Kier alpha value is -3.69. The van der Waals surface area contributed by atoms with Crippen molar-refractivity contribution in [2.75, 3.05) is 14.2 Å². The number of aromatic amines is 1. The molecule has 0 aliphatic heterocycles. The minimum absolute atomic E-state index is 0.550. The molecule has 0 spiro atoms. The highest BCUT2D eigenvalue weighted by Gasteiger charge is 2.36. The van der Waals surface area contributed by atoms with Gasteiger partial charge in [0.2, 0.25) is 17.4 Å². The number of nitrogens with zero attached hydrogens (tertiary/aromatic N) is 6. The number of tetrazole rings is 1. The van der Waals surface area contributed by atoms with Gasteiger partial charge in [0, 0.05) is 32.6 Å². The number of aromatic nitrogens is 7. The summed E-state index contributed by atoms with van der Waals surface area (Å²) >= 11 is 0. The van der Waals surface area contributed by atoms with Crippen molar-refractivity contribution >= 4 is 0 Å². The van der Waals surface area contributed by atoms with Gasteiger partial charge in [-0.15, -0.1) is 15.3 Å². The first-order chi connectivity index (χ1) is 17.1. The van der Waals surface area contributed by atoms with Crippen molar-refractivity contribution in [2.24, 2.45) is 0 Å². The van der Waals surface area contributed by atoms with Gasteiger partial charge in [0.1, 0.15) is 5.82 Å². The molecule has 0 atom stereocenters. The number of nitrogens with one attached hydrogen (secondary N) is 1. The fraction of sp³-hybridized carbons (Fsp3) is 0.346. The zero-order valence-electron chi connectivity index (χ0n) is 20.6. The summed E-state index contributed by atoms with van der Waals surface area (Å²) < 4.78 is 13.4. The van der Waals surface area contributed by atoms with Crippen LogP contribution in [0.15, 0.2) is 60.7 Å². The summed E-state index contributed by atoms with van der Waals surface area (Å²) in [5, 5.41) is 19.3. The predicted molar refractivity (Wildman–Crippen MR) is 133 cm³/mol. The Morgan fingerprint density at radius 3 is 2.40 bits per heavy atom. The van der Waals surface area contributed by atoms with Gasteiger partial charge >= 0.3 is 0 Å². The van der Waals surface area contributed by atoms with Gasteiger partial charge in [0.15, 0.2) is 0 Å². The number of rotatable bonds is 11. The molecule has 1 N–H and O–H groups in total. The number of hydrogen-bond donors (Lipinski definition) is 1. The first kappa shape index (κ1) is 24.4. The minimum Gasteiger partial charge on any atom is -0.347 e. The van der Waals surface area contributed by atoms with E-state index in [0.717, 1.165) is 34.5 Å². The van der Waals surface area contributed by atoms with Gasteiger partial charge in [0.25, 0.3) is 0 Å². The predicted octanol–water partition coefficient (Wildman–Crippen LogP) is 4.54. The molecule has 0 saturated heterocycles. The molecular weight excluding hydrogens is 442 g/mol. The van der Waals surface area contributed by atoms with Gasteiger partial charge in [0.05, 0.1) is 6.54 Å². The lowest BCUT2D eigenvalue weighted by atomic mass is 9.98. The summed E-state index contributed by atoms with van der Waals surface area (Å²) in [6.45, 7) is 4.71. The van der Waals surface area contributed by atoms with Crippen LogP contribution < -0.4 is 0 Å². The van der Waals surface area contributed by atoms with E-state index in [-0.39, 0.29) is 0 Å². The van der Waals surface area contributed by atoms with Gasteiger partial charge in [-0.2, -0.15) is 5.21 Å². The van der Waals surface area contributed by atoms with E-state index in [1.165, 1.54) is 0 Å². The molecule has 0 aliphatic carbocycles. The Kier molecular flexibility index (Phi) is 7.79. The van der Waals surface area contributed by atoms with Crippen molar-refractivity contribution in [1.29, 1.82) is 0 Å². The maximum atomic E-state index is 5.75. The molecule has 0 radical (unpaired) electrons. The summed E-state index contributed by atoms with van der Waals surface area (Å²) in [6, 6.07) is 16.5. The van der Waals surface area contributed by atoms with Gasteiger partial charge in [-0.05, 0) is 28.8 Å². The smallest absolute Gasteiger partial charge is 0.231 e. The van der Waals surface area contributed by atoms with Crippen LogP contribution in [0.2, 0.25) is 0 Å². The molecule has 35 heavy (non-hydrogen) atoms. The Morgan fingerprint density at radius 2 is 1.77 bits per heavy atom. The summed E-state index contributed by atoms with van der Waals surface area (Å²) in [4.78, 5) is 4.86. The summed E-state index contributed by atoms with van der Waals surface area (Å²) in [5.41, 5.74) is 4.17. The van der Waals surface area contributed by atoms with Crippen LogP contribution in [0.25, 0.3) is 22.5 Å². The first-order valence-corrected chi connectivity index (χ1v) is 11.7. The largest absolute Gasteiger partial charge is 0.347 e. The lowest BCUT2D eigenvalue weighted by Gasteiger charge is -2.27. The van der Waals surface area contributed by atoms with Crippen LogP contribution in [0.5, 0.6) is 0 Å². The zero-order chi connectivity index (χ0) is 24.7. The molecule has 0 fully saturated rings. The third-order valence-corrected chi connectivity index (χ3v) is 5.98. The normalized spacial score (nSPS) is 12.0. The molecule has 2 aromatic carbocycles. The number of methoxy groups -OCH3 is 2. The molecule has 0 unspecified atom stereocenters. The van der Waals surface area contributed by atoms with Crippen LogP contribution in [-0.2, 0) is 28.2 Å². The summed E-state index contributed by atoms with van der Waals surface area (Å²) in [5.74, 6) is 1.02. The second kappa shape index (κ2) is 11.2. The van der Waals surface area contributed by atoms with E-state index in [9.17, 15) is 0 Å². The summed E-state index contributed by atoms with van der Waals surface area (Å²) in [6.07, 6.45) is 6.25. The molecule has 9 heteroatoms. The van der Waals surface area contributed by atoms with Gasteiger partial charge < -0.3 is 9.47 Å². The Morgan fingerprint density at radius 1 is 1.03 bits per heavy atom. The van der Waals surface area contributed by atoms with Crippen molar-refractivity contribution in [3.8, 4) is 22.5 Å². The van der Waals surface area contributed by atoms with Crippen molar-refractivity contribution in [3.63, 3.8) is 0 Å². The molecule has 4 rings (SSSR count). The summed E-state index contributed by atoms with van der Waals surface area (Å²) in [7, 11) is 3.27. The number of allylic oxidation sites excluding steroid dienone is 2. The molecule has 0 bridgehead atoms. The van der Waals surface area contributed by atoms with E-state index in [1.54, 1.807) is 14.2 Å². The van der Waals surface area contributed by atoms with Crippen LogP contribution in [0.1, 0.15) is 43.9 Å². The van der Waals surface area contributed by atoms with Crippen molar-refractivity contribution in [3.05, 3.63) is 77.9 Å². The average molecular weight is 474 g/mol. The molecule has 0 aliphatic rings. The number of H-pyrrole nitrogens is 1. The maximum Gasteiger partial charge on any atom is 0.231 e. The number of hydrogen-bond acceptors (Lipinski definition) is 7. The fourth-order valence-corrected chi connectivity index (χ4v) is 4.12. The highest BCUT2D eigenvalue weighted by atomic mass is 16.7. The van der Waals surface area contributed by atoms with Crippen LogP contribution in [-0.4, -0.2) is 49.6 Å². The zero-order valence-corrected chi connectivity index (χ0v) is 20.6. The fourth-order valence-electron chi connectivity index (χ4n) is 4.12. The molecule has 9 nitrogen and oxygen atoms in total. The topological polar surface area (TPSA) is 104 Å². The molecule has 0 amide bonds.